The fraction of sp³-hybridized carbons (Fsp3) is 0.471. The van der Waals surface area contributed by atoms with Gasteiger partial charge < -0.3 is 5.11 Å². The summed E-state index contributed by atoms with van der Waals surface area (Å²) in [4.78, 5) is 4.52. The molecule has 1 unspecified atom stereocenters. The number of fused-ring (bicyclic) bond motifs is 1. The molecule has 0 fully saturated rings. The Hall–Kier alpha value is -1.41. The average molecular weight is 257 g/mol. The summed E-state index contributed by atoms with van der Waals surface area (Å²) in [5.74, 6) is 0. The average Bonchev–Trinajstić information content (AvgIpc) is 2.42. The van der Waals surface area contributed by atoms with E-state index >= 15 is 0 Å². The molecule has 102 valence electrons. The Balaban J connectivity index is 2.18. The van der Waals surface area contributed by atoms with Crippen molar-refractivity contribution < 1.29 is 5.11 Å². The molecule has 0 saturated carbocycles. The van der Waals surface area contributed by atoms with E-state index < -0.39 is 0 Å². The molecule has 0 bridgehead atoms. The molecule has 2 rings (SSSR count). The zero-order valence-corrected chi connectivity index (χ0v) is 11.9. The van der Waals surface area contributed by atoms with Crippen molar-refractivity contribution in [1.29, 1.82) is 0 Å². The van der Waals surface area contributed by atoms with Crippen molar-refractivity contribution in [3.63, 3.8) is 0 Å². The lowest BCUT2D eigenvalue weighted by Gasteiger charge is -2.14. The van der Waals surface area contributed by atoms with E-state index in [9.17, 15) is 5.11 Å². The highest BCUT2D eigenvalue weighted by atomic mass is 16.3. The van der Waals surface area contributed by atoms with Crippen LogP contribution in [0.15, 0.2) is 30.3 Å². The molecule has 1 atom stereocenters. The van der Waals surface area contributed by atoms with Crippen LogP contribution < -0.4 is 0 Å². The van der Waals surface area contributed by atoms with E-state index in [1.54, 1.807) is 0 Å². The minimum atomic E-state index is -0.372. The second-order valence-corrected chi connectivity index (χ2v) is 5.24. The van der Waals surface area contributed by atoms with Crippen molar-refractivity contribution in [2.24, 2.45) is 0 Å². The van der Waals surface area contributed by atoms with Gasteiger partial charge in [0.2, 0.25) is 0 Å². The normalized spacial score (nSPS) is 12.8. The van der Waals surface area contributed by atoms with Crippen molar-refractivity contribution >= 4 is 10.9 Å². The summed E-state index contributed by atoms with van der Waals surface area (Å²) in [6.45, 7) is 4.19. The molecule has 0 spiro atoms. The molecule has 1 N–H and O–H groups in total. The Morgan fingerprint density at radius 1 is 1.16 bits per heavy atom. The molecule has 1 heterocycles. The number of rotatable bonds is 6. The number of benzene rings is 1. The van der Waals surface area contributed by atoms with Gasteiger partial charge in [0.05, 0.1) is 11.6 Å². The fourth-order valence-electron chi connectivity index (χ4n) is 2.54. The van der Waals surface area contributed by atoms with Crippen LogP contribution in [0.25, 0.3) is 10.9 Å². The van der Waals surface area contributed by atoms with E-state index in [0.29, 0.717) is 0 Å². The molecule has 2 nitrogen and oxygen atoms in total. The van der Waals surface area contributed by atoms with Gasteiger partial charge in [0.25, 0.3) is 0 Å². The van der Waals surface area contributed by atoms with Crippen LogP contribution >= 0.6 is 0 Å². The van der Waals surface area contributed by atoms with Crippen LogP contribution in [0, 0.1) is 6.92 Å². The molecule has 1 aromatic heterocycles. The first-order valence-corrected chi connectivity index (χ1v) is 7.26. The molecule has 0 aliphatic heterocycles. The van der Waals surface area contributed by atoms with E-state index in [-0.39, 0.29) is 6.10 Å². The predicted molar refractivity (Wildman–Crippen MR) is 80.2 cm³/mol. The molecule has 0 radical (unpaired) electrons. The Morgan fingerprint density at radius 2 is 1.95 bits per heavy atom. The van der Waals surface area contributed by atoms with Crippen molar-refractivity contribution in [3.8, 4) is 0 Å². The van der Waals surface area contributed by atoms with Gasteiger partial charge >= 0.3 is 0 Å². The first kappa shape index (κ1) is 14.0. The highest BCUT2D eigenvalue weighted by molar-refractivity contribution is 5.82. The second-order valence-electron chi connectivity index (χ2n) is 5.24. The molecule has 0 saturated heterocycles. The standard InChI is InChI=1S/C17H23NO/c1-3-4-5-6-11-17(19)15-12-13(2)18-16-10-8-7-9-14(15)16/h7-10,12,17,19H,3-6,11H2,1-2H3. The molecule has 0 aliphatic carbocycles. The maximum Gasteiger partial charge on any atom is 0.0797 e. The molecule has 2 aromatic rings. The third-order valence-electron chi connectivity index (χ3n) is 3.57. The topological polar surface area (TPSA) is 33.1 Å². The van der Waals surface area contributed by atoms with Gasteiger partial charge in [-0.05, 0) is 31.0 Å². The SMILES string of the molecule is CCCCCCC(O)c1cc(C)nc2ccccc12. The zero-order chi connectivity index (χ0) is 13.7. The summed E-state index contributed by atoms with van der Waals surface area (Å²) >= 11 is 0. The van der Waals surface area contributed by atoms with Gasteiger partial charge in [-0.25, -0.2) is 0 Å². The van der Waals surface area contributed by atoms with Gasteiger partial charge in [0, 0.05) is 11.1 Å². The highest BCUT2D eigenvalue weighted by Crippen LogP contribution is 2.27. The minimum Gasteiger partial charge on any atom is -0.388 e. The van der Waals surface area contributed by atoms with E-state index in [1.165, 1.54) is 19.3 Å². The molecule has 0 amide bonds. The van der Waals surface area contributed by atoms with Gasteiger partial charge in [-0.15, -0.1) is 0 Å². The van der Waals surface area contributed by atoms with Crippen LogP contribution in [-0.2, 0) is 0 Å². The number of hydrogen-bond acceptors (Lipinski definition) is 2. The first-order chi connectivity index (χ1) is 9.22. The predicted octanol–water partition coefficient (Wildman–Crippen LogP) is 4.55. The highest BCUT2D eigenvalue weighted by Gasteiger charge is 2.12. The molecule has 2 heteroatoms. The molecule has 1 aromatic carbocycles. The number of aryl methyl sites for hydroxylation is 1. The van der Waals surface area contributed by atoms with Crippen molar-refractivity contribution in [2.75, 3.05) is 0 Å². The minimum absolute atomic E-state index is 0.372. The number of hydrogen-bond donors (Lipinski definition) is 1. The molecular weight excluding hydrogens is 234 g/mol. The smallest absolute Gasteiger partial charge is 0.0797 e. The molecule has 0 aliphatic rings. The number of para-hydroxylation sites is 1. The summed E-state index contributed by atoms with van der Waals surface area (Å²) in [5, 5.41) is 11.5. The largest absolute Gasteiger partial charge is 0.388 e. The number of pyridine rings is 1. The lowest BCUT2D eigenvalue weighted by atomic mass is 9.98. The number of nitrogens with zero attached hydrogens (tertiary/aromatic N) is 1. The Bertz CT molecular complexity index is 536. The van der Waals surface area contributed by atoms with Crippen LogP contribution in [0.1, 0.15) is 56.4 Å². The number of aromatic nitrogens is 1. The summed E-state index contributed by atoms with van der Waals surface area (Å²) in [5.41, 5.74) is 2.98. The van der Waals surface area contributed by atoms with Crippen molar-refractivity contribution in [3.05, 3.63) is 41.6 Å². The van der Waals surface area contributed by atoms with E-state index in [2.05, 4.69) is 11.9 Å². The third-order valence-corrected chi connectivity index (χ3v) is 3.57. The Labute approximate surface area is 115 Å². The monoisotopic (exact) mass is 257 g/mol. The zero-order valence-electron chi connectivity index (χ0n) is 11.9. The fourth-order valence-corrected chi connectivity index (χ4v) is 2.54. The first-order valence-electron chi connectivity index (χ1n) is 7.26. The van der Waals surface area contributed by atoms with Crippen molar-refractivity contribution in [2.45, 2.75) is 52.1 Å². The lowest BCUT2D eigenvalue weighted by Crippen LogP contribution is -2.00. The summed E-state index contributed by atoms with van der Waals surface area (Å²) in [6.07, 6.45) is 5.24. The molecule has 19 heavy (non-hydrogen) atoms. The Kier molecular flexibility index (Phi) is 4.92. The van der Waals surface area contributed by atoms with Crippen LogP contribution in [0.5, 0.6) is 0 Å². The number of aliphatic hydroxyl groups excluding tert-OH is 1. The number of aliphatic hydroxyl groups is 1. The van der Waals surface area contributed by atoms with E-state index in [0.717, 1.165) is 35.0 Å². The summed E-state index contributed by atoms with van der Waals surface area (Å²) in [6, 6.07) is 10.1. The lowest BCUT2D eigenvalue weighted by molar-refractivity contribution is 0.165. The molecular formula is C17H23NO. The summed E-state index contributed by atoms with van der Waals surface area (Å²) < 4.78 is 0. The van der Waals surface area contributed by atoms with Crippen molar-refractivity contribution in [1.82, 2.24) is 4.98 Å². The maximum absolute atomic E-state index is 10.4. The quantitative estimate of drug-likeness (QED) is 0.770. The van der Waals surface area contributed by atoms with Gasteiger partial charge in [-0.2, -0.15) is 0 Å². The van der Waals surface area contributed by atoms with E-state index in [4.69, 9.17) is 0 Å². The third kappa shape index (κ3) is 3.54. The number of unbranched alkanes of at least 4 members (excludes halogenated alkanes) is 3. The van der Waals surface area contributed by atoms with Gasteiger partial charge in [0.15, 0.2) is 0 Å². The van der Waals surface area contributed by atoms with Gasteiger partial charge in [0.1, 0.15) is 0 Å². The van der Waals surface area contributed by atoms with Crippen LogP contribution in [0.2, 0.25) is 0 Å². The van der Waals surface area contributed by atoms with Crippen LogP contribution in [0.4, 0.5) is 0 Å². The van der Waals surface area contributed by atoms with E-state index in [1.807, 2.05) is 37.3 Å². The summed E-state index contributed by atoms with van der Waals surface area (Å²) in [7, 11) is 0. The van der Waals surface area contributed by atoms with Crippen LogP contribution in [0.3, 0.4) is 0 Å². The van der Waals surface area contributed by atoms with Gasteiger partial charge in [-0.1, -0.05) is 50.8 Å². The maximum atomic E-state index is 10.4. The van der Waals surface area contributed by atoms with Gasteiger partial charge in [-0.3, -0.25) is 4.98 Å². The van der Waals surface area contributed by atoms with Crippen LogP contribution in [-0.4, -0.2) is 10.1 Å². The second kappa shape index (κ2) is 6.67. The Morgan fingerprint density at radius 3 is 2.74 bits per heavy atom.